The van der Waals surface area contributed by atoms with Gasteiger partial charge in [0.1, 0.15) is 16.9 Å². The van der Waals surface area contributed by atoms with Crippen molar-refractivity contribution >= 4 is 22.7 Å². The molecule has 0 unspecified atom stereocenters. The third-order valence-corrected chi connectivity index (χ3v) is 6.60. The van der Waals surface area contributed by atoms with E-state index in [9.17, 15) is 9.18 Å². The molecule has 9 heteroatoms. The van der Waals surface area contributed by atoms with Crippen LogP contribution in [0.25, 0.3) is 11.0 Å². The Morgan fingerprint density at radius 2 is 2.09 bits per heavy atom. The van der Waals surface area contributed by atoms with Gasteiger partial charge in [0.05, 0.1) is 18.4 Å². The lowest BCUT2D eigenvalue weighted by atomic mass is 9.77. The molecule has 2 saturated heterocycles. The number of nitrogens with two attached hydrogens (primary N) is 1. The molecule has 1 aromatic carbocycles. The van der Waals surface area contributed by atoms with Crippen LogP contribution >= 0.6 is 0 Å². The summed E-state index contributed by atoms with van der Waals surface area (Å²) in [5.41, 5.74) is 6.91. The number of piperidine rings is 1. The largest absolute Gasteiger partial charge is 0.396 e. The van der Waals surface area contributed by atoms with E-state index in [1.165, 1.54) is 18.2 Å². The number of benzene rings is 1. The fourth-order valence-electron chi connectivity index (χ4n) is 4.75. The van der Waals surface area contributed by atoms with Gasteiger partial charge in [-0.1, -0.05) is 5.92 Å². The van der Waals surface area contributed by atoms with E-state index in [4.69, 9.17) is 10.5 Å². The van der Waals surface area contributed by atoms with Gasteiger partial charge in [-0.05, 0) is 55.7 Å². The topological polar surface area (TPSA) is 102 Å². The molecular weight excluding hydrogens is 411 g/mol. The number of ether oxygens (including phenoxy) is 1. The van der Waals surface area contributed by atoms with E-state index in [2.05, 4.69) is 38.8 Å². The van der Waals surface area contributed by atoms with Crippen molar-refractivity contribution in [2.75, 3.05) is 30.3 Å². The minimum absolute atomic E-state index is 0.0235. The first-order chi connectivity index (χ1) is 15.3. The number of H-pyrrole nitrogens is 1. The number of nitrogen functional groups attached to an aromatic ring is 1. The van der Waals surface area contributed by atoms with Crippen LogP contribution < -0.4 is 16.2 Å². The normalized spacial score (nSPS) is 20.0. The first-order valence-corrected chi connectivity index (χ1v) is 10.7. The second-order valence-corrected chi connectivity index (χ2v) is 8.87. The fraction of sp³-hybridized carbons (Fsp3) is 0.435. The average Bonchev–Trinajstić information content (AvgIpc) is 3.35. The van der Waals surface area contributed by atoms with Crippen molar-refractivity contribution in [2.45, 2.75) is 32.3 Å². The second kappa shape index (κ2) is 7.64. The Hall–Kier alpha value is -3.38. The van der Waals surface area contributed by atoms with Crippen LogP contribution in [0.15, 0.2) is 23.0 Å². The summed E-state index contributed by atoms with van der Waals surface area (Å²) in [5, 5.41) is 7.37. The van der Waals surface area contributed by atoms with Gasteiger partial charge in [0.15, 0.2) is 5.65 Å². The van der Waals surface area contributed by atoms with E-state index in [-0.39, 0.29) is 16.7 Å². The van der Waals surface area contributed by atoms with E-state index in [1.54, 1.807) is 11.6 Å². The highest BCUT2D eigenvalue weighted by atomic mass is 19.1. The summed E-state index contributed by atoms with van der Waals surface area (Å²) in [6, 6.07) is 4.25. The molecule has 0 radical (unpaired) electrons. The Morgan fingerprint density at radius 1 is 1.31 bits per heavy atom. The van der Waals surface area contributed by atoms with Gasteiger partial charge in [0.25, 0.3) is 5.56 Å². The lowest BCUT2D eigenvalue weighted by molar-refractivity contribution is 0.0974. The monoisotopic (exact) mass is 436 g/mol. The van der Waals surface area contributed by atoms with Gasteiger partial charge in [-0.25, -0.2) is 4.39 Å². The molecule has 3 aromatic rings. The lowest BCUT2D eigenvalue weighted by Crippen LogP contribution is -2.43. The third kappa shape index (κ3) is 3.50. The molecule has 2 aliphatic heterocycles. The van der Waals surface area contributed by atoms with Gasteiger partial charge in [0, 0.05) is 25.7 Å². The summed E-state index contributed by atoms with van der Waals surface area (Å²) in [6.07, 6.45) is 3.44. The van der Waals surface area contributed by atoms with Crippen LogP contribution in [0.4, 0.5) is 16.0 Å². The predicted molar refractivity (Wildman–Crippen MR) is 120 cm³/mol. The molecule has 0 amide bonds. The lowest BCUT2D eigenvalue weighted by Gasteiger charge is -2.39. The van der Waals surface area contributed by atoms with Gasteiger partial charge in [0.2, 0.25) is 5.95 Å². The molecule has 5 rings (SSSR count). The molecule has 32 heavy (non-hydrogen) atoms. The maximum Gasteiger partial charge on any atom is 0.267 e. The highest BCUT2D eigenvalue weighted by molar-refractivity contribution is 5.81. The average molecular weight is 436 g/mol. The predicted octanol–water partition coefficient (Wildman–Crippen LogP) is 2.17. The number of nitrogens with one attached hydrogen (secondary N) is 1. The van der Waals surface area contributed by atoms with E-state index < -0.39 is 5.82 Å². The molecule has 1 atom stereocenters. The number of anilines is 2. The molecule has 8 nitrogen and oxygen atoms in total. The van der Waals surface area contributed by atoms with Crippen molar-refractivity contribution in [1.82, 2.24) is 19.7 Å². The minimum atomic E-state index is -0.494. The van der Waals surface area contributed by atoms with Crippen LogP contribution in [0.3, 0.4) is 0 Å². The van der Waals surface area contributed by atoms with Crippen LogP contribution in [0.1, 0.15) is 37.4 Å². The second-order valence-electron chi connectivity index (χ2n) is 8.87. The number of hydrogen-bond donors (Lipinski definition) is 2. The van der Waals surface area contributed by atoms with E-state index >= 15 is 0 Å². The quantitative estimate of drug-likeness (QED) is 0.448. The number of rotatable bonds is 1. The number of nitrogens with zero attached hydrogens (tertiary/aromatic N) is 4. The van der Waals surface area contributed by atoms with Crippen LogP contribution in [-0.2, 0) is 11.8 Å². The van der Waals surface area contributed by atoms with Crippen molar-refractivity contribution in [2.24, 2.45) is 12.5 Å². The standard InChI is InChI=1S/C23H25FN6O2/c1-14-12-23(13-32-14)7-9-30(10-8-23)22-26-20-19(21(31)29(22)2)18(27-28-20)6-4-15-3-5-16(24)17(25)11-15/h3,5,11,14H,7-10,12-13,25H2,1-2H3,(H,27,28)/t14-/m0/s1. The third-order valence-electron chi connectivity index (χ3n) is 6.60. The summed E-state index contributed by atoms with van der Waals surface area (Å²) in [5.74, 6) is 5.92. The molecule has 166 valence electrons. The van der Waals surface area contributed by atoms with Crippen molar-refractivity contribution < 1.29 is 9.13 Å². The maximum absolute atomic E-state index is 13.4. The van der Waals surface area contributed by atoms with Gasteiger partial charge in [-0.15, -0.1) is 0 Å². The Balaban J connectivity index is 1.43. The molecule has 2 aromatic heterocycles. The van der Waals surface area contributed by atoms with Crippen LogP contribution in [0.5, 0.6) is 0 Å². The zero-order valence-electron chi connectivity index (χ0n) is 18.1. The molecule has 2 aliphatic rings. The highest BCUT2D eigenvalue weighted by Crippen LogP contribution is 2.42. The molecule has 1 spiro atoms. The van der Waals surface area contributed by atoms with Gasteiger partial charge in [-0.3, -0.25) is 14.5 Å². The summed E-state index contributed by atoms with van der Waals surface area (Å²) < 4.78 is 20.7. The minimum Gasteiger partial charge on any atom is -0.396 e. The summed E-state index contributed by atoms with van der Waals surface area (Å²) in [6.45, 7) is 4.59. The first-order valence-electron chi connectivity index (χ1n) is 10.7. The molecule has 0 bridgehead atoms. The van der Waals surface area contributed by atoms with Crippen molar-refractivity contribution in [1.29, 1.82) is 0 Å². The Kier molecular flexibility index (Phi) is 4.90. The Bertz CT molecular complexity index is 1310. The molecule has 3 N–H and O–H groups in total. The smallest absolute Gasteiger partial charge is 0.267 e. The van der Waals surface area contributed by atoms with Crippen molar-refractivity contribution in [3.8, 4) is 11.8 Å². The Labute approximate surface area is 184 Å². The molecule has 0 saturated carbocycles. The van der Waals surface area contributed by atoms with Gasteiger partial charge in [-0.2, -0.15) is 10.1 Å². The van der Waals surface area contributed by atoms with Crippen LogP contribution in [0.2, 0.25) is 0 Å². The number of fused-ring (bicyclic) bond motifs is 1. The Morgan fingerprint density at radius 3 is 2.78 bits per heavy atom. The molecule has 2 fully saturated rings. The van der Waals surface area contributed by atoms with Crippen LogP contribution in [-0.4, -0.2) is 45.5 Å². The number of halogens is 1. The maximum atomic E-state index is 13.4. The van der Waals surface area contributed by atoms with Crippen molar-refractivity contribution in [3.63, 3.8) is 0 Å². The number of aromatic amines is 1. The first kappa shape index (κ1) is 20.5. The van der Waals surface area contributed by atoms with E-state index in [0.29, 0.717) is 34.3 Å². The fourth-order valence-corrected chi connectivity index (χ4v) is 4.75. The summed E-state index contributed by atoms with van der Waals surface area (Å²) >= 11 is 0. The number of aromatic nitrogens is 4. The zero-order chi connectivity index (χ0) is 22.5. The summed E-state index contributed by atoms with van der Waals surface area (Å²) in [4.78, 5) is 20.0. The van der Waals surface area contributed by atoms with E-state index in [1.807, 2.05) is 0 Å². The molecule has 4 heterocycles. The summed E-state index contributed by atoms with van der Waals surface area (Å²) in [7, 11) is 1.72. The zero-order valence-corrected chi connectivity index (χ0v) is 18.1. The molecule has 0 aliphatic carbocycles. The van der Waals surface area contributed by atoms with Crippen LogP contribution in [0, 0.1) is 23.1 Å². The van der Waals surface area contributed by atoms with Gasteiger partial charge >= 0.3 is 0 Å². The molecular formula is C23H25FN6O2. The van der Waals surface area contributed by atoms with Gasteiger partial charge < -0.3 is 15.4 Å². The van der Waals surface area contributed by atoms with Crippen molar-refractivity contribution in [3.05, 3.63) is 45.6 Å². The highest BCUT2D eigenvalue weighted by Gasteiger charge is 2.41. The van der Waals surface area contributed by atoms with E-state index in [0.717, 1.165) is 39.0 Å². The number of hydrogen-bond acceptors (Lipinski definition) is 6. The SMILES string of the molecule is C[C@H]1CC2(CCN(c3nc4n[nH]c(C#Cc5ccc(F)c(N)c5)c4c(=O)n3C)CC2)CO1.